The van der Waals surface area contributed by atoms with E-state index < -0.39 is 11.2 Å². The first-order chi connectivity index (χ1) is 8.93. The summed E-state index contributed by atoms with van der Waals surface area (Å²) in [6.45, 7) is 7.12. The van der Waals surface area contributed by atoms with E-state index in [0.29, 0.717) is 18.3 Å². The van der Waals surface area contributed by atoms with Crippen molar-refractivity contribution in [2.45, 2.75) is 26.2 Å². The van der Waals surface area contributed by atoms with Crippen LogP contribution in [0.25, 0.3) is 0 Å². The predicted molar refractivity (Wildman–Crippen MR) is 79.0 cm³/mol. The van der Waals surface area contributed by atoms with E-state index in [-0.39, 0.29) is 10.9 Å². The Morgan fingerprint density at radius 3 is 2.63 bits per heavy atom. The minimum Gasteiger partial charge on any atom is -0.614 e. The van der Waals surface area contributed by atoms with Crippen molar-refractivity contribution >= 4 is 11.2 Å². The van der Waals surface area contributed by atoms with Gasteiger partial charge in [-0.3, -0.25) is 0 Å². The maximum Gasteiger partial charge on any atom is 0.243 e. The molecule has 0 bridgehead atoms. The Morgan fingerprint density at radius 2 is 2.05 bits per heavy atom. The lowest BCUT2D eigenvalue weighted by Gasteiger charge is -2.37. The second kappa shape index (κ2) is 5.58. The molecule has 2 nitrogen and oxygen atoms in total. The molecule has 1 saturated heterocycles. The summed E-state index contributed by atoms with van der Waals surface area (Å²) < 4.78 is 18.3. The van der Waals surface area contributed by atoms with Crippen molar-refractivity contribution in [3.05, 3.63) is 35.4 Å². The van der Waals surface area contributed by atoms with Crippen molar-refractivity contribution in [1.29, 1.82) is 0 Å². The molecule has 19 heavy (non-hydrogen) atoms. The average molecular weight is 276 g/mol. The molecular formula is C16H20O2S. The maximum atomic E-state index is 12.4. The Hall–Kier alpha value is -0.950. The molecule has 1 aliphatic rings. The van der Waals surface area contributed by atoms with Crippen LogP contribution in [0.5, 0.6) is 0 Å². The van der Waals surface area contributed by atoms with Crippen LogP contribution in [-0.2, 0) is 15.9 Å². The molecule has 0 spiro atoms. The summed E-state index contributed by atoms with van der Waals surface area (Å²) in [6.07, 6.45) is 5.49. The predicted octanol–water partition coefficient (Wildman–Crippen LogP) is 3.11. The van der Waals surface area contributed by atoms with Gasteiger partial charge < -0.3 is 9.29 Å². The van der Waals surface area contributed by atoms with Gasteiger partial charge in [0.15, 0.2) is 0 Å². The van der Waals surface area contributed by atoms with Crippen LogP contribution in [0, 0.1) is 23.7 Å². The highest BCUT2D eigenvalue weighted by Gasteiger charge is 2.40. The fourth-order valence-electron chi connectivity index (χ4n) is 2.18. The fourth-order valence-corrected chi connectivity index (χ4v) is 4.07. The molecule has 1 fully saturated rings. The monoisotopic (exact) mass is 276 g/mol. The average Bonchev–Trinajstić information content (AvgIpc) is 2.37. The molecule has 0 aliphatic carbocycles. The van der Waals surface area contributed by atoms with Crippen LogP contribution in [0.2, 0.25) is 0 Å². The molecule has 3 unspecified atom stereocenters. The minimum atomic E-state index is -1.04. The fraction of sp³-hybridized carbons (Fsp3) is 0.500. The first-order valence-corrected chi connectivity index (χ1v) is 7.86. The van der Waals surface area contributed by atoms with E-state index in [9.17, 15) is 4.55 Å². The van der Waals surface area contributed by atoms with Crippen LogP contribution < -0.4 is 0 Å². The quantitative estimate of drug-likeness (QED) is 0.583. The highest BCUT2D eigenvalue weighted by atomic mass is 32.2. The van der Waals surface area contributed by atoms with E-state index in [0.717, 1.165) is 11.1 Å². The third-order valence-corrected chi connectivity index (χ3v) is 5.25. The zero-order valence-electron chi connectivity index (χ0n) is 11.7. The summed E-state index contributed by atoms with van der Waals surface area (Å²) in [5, 5.41) is 0. The van der Waals surface area contributed by atoms with Gasteiger partial charge in [-0.25, -0.2) is 0 Å². The van der Waals surface area contributed by atoms with Gasteiger partial charge in [-0.1, -0.05) is 44.9 Å². The molecule has 0 radical (unpaired) electrons. The van der Waals surface area contributed by atoms with E-state index in [1.165, 1.54) is 0 Å². The molecule has 0 aromatic heterocycles. The summed E-state index contributed by atoms with van der Waals surface area (Å²) in [6, 6.07) is 7.58. The lowest BCUT2D eigenvalue weighted by Crippen LogP contribution is -2.40. The number of rotatable bonds is 1. The third kappa shape index (κ3) is 3.14. The molecule has 2 rings (SSSR count). The van der Waals surface area contributed by atoms with Gasteiger partial charge in [-0.15, -0.1) is 6.42 Å². The zero-order valence-corrected chi connectivity index (χ0v) is 12.5. The third-order valence-electron chi connectivity index (χ3n) is 3.65. The molecule has 0 saturated carbocycles. The van der Waals surface area contributed by atoms with E-state index in [2.05, 4.69) is 26.7 Å². The number of benzene rings is 1. The van der Waals surface area contributed by atoms with Gasteiger partial charge in [-0.05, 0) is 22.7 Å². The molecular weight excluding hydrogens is 256 g/mol. The van der Waals surface area contributed by atoms with Gasteiger partial charge in [0.05, 0.1) is 6.61 Å². The minimum absolute atomic E-state index is 0.117. The topological polar surface area (TPSA) is 32.3 Å². The number of hydrogen-bond acceptors (Lipinski definition) is 2. The summed E-state index contributed by atoms with van der Waals surface area (Å²) in [5.41, 5.74) is 1.38. The molecule has 3 atom stereocenters. The van der Waals surface area contributed by atoms with Gasteiger partial charge in [0.25, 0.3) is 0 Å². The Labute approximate surface area is 118 Å². The maximum absolute atomic E-state index is 12.4. The number of terminal acetylenes is 1. The zero-order chi connectivity index (χ0) is 14.0. The van der Waals surface area contributed by atoms with Gasteiger partial charge >= 0.3 is 0 Å². The van der Waals surface area contributed by atoms with Gasteiger partial charge in [0.2, 0.25) is 5.44 Å². The van der Waals surface area contributed by atoms with E-state index >= 15 is 0 Å². The summed E-state index contributed by atoms with van der Waals surface area (Å²) in [5.74, 6) is 3.64. The molecule has 0 amide bonds. The normalized spacial score (nSPS) is 27.8. The van der Waals surface area contributed by atoms with E-state index in [1.807, 2.05) is 24.3 Å². The standard InChI is InChI=1S/C16H20O2S/c1-5-12-8-6-7-9-14(12)15-18-10-13(11-19(15)17)16(2,3)4/h1,6-9,13,15H,10-11H2,2-4H3. The molecule has 1 heterocycles. The van der Waals surface area contributed by atoms with Crippen molar-refractivity contribution in [3.63, 3.8) is 0 Å². The van der Waals surface area contributed by atoms with Gasteiger partial charge in [-0.2, -0.15) is 0 Å². The lowest BCUT2D eigenvalue weighted by atomic mass is 9.82. The van der Waals surface area contributed by atoms with Crippen LogP contribution >= 0.6 is 0 Å². The molecule has 3 heteroatoms. The number of hydrogen-bond donors (Lipinski definition) is 0. The van der Waals surface area contributed by atoms with Crippen LogP contribution in [0.4, 0.5) is 0 Å². The van der Waals surface area contributed by atoms with Crippen LogP contribution in [0.15, 0.2) is 24.3 Å². The summed E-state index contributed by atoms with van der Waals surface area (Å²) >= 11 is -1.04. The van der Waals surface area contributed by atoms with Crippen LogP contribution in [-0.4, -0.2) is 16.9 Å². The second-order valence-electron chi connectivity index (χ2n) is 6.01. The smallest absolute Gasteiger partial charge is 0.243 e. The van der Waals surface area contributed by atoms with Crippen molar-refractivity contribution < 1.29 is 9.29 Å². The largest absolute Gasteiger partial charge is 0.614 e. The molecule has 1 aliphatic heterocycles. The summed E-state index contributed by atoms with van der Waals surface area (Å²) in [7, 11) is 0. The van der Waals surface area contributed by atoms with Gasteiger partial charge in [0, 0.05) is 17.0 Å². The Bertz CT molecular complexity index is 484. The van der Waals surface area contributed by atoms with Crippen molar-refractivity contribution in [2.24, 2.45) is 11.3 Å². The van der Waals surface area contributed by atoms with Crippen LogP contribution in [0.3, 0.4) is 0 Å². The Morgan fingerprint density at radius 1 is 1.37 bits per heavy atom. The van der Waals surface area contributed by atoms with Crippen LogP contribution in [0.1, 0.15) is 37.3 Å². The SMILES string of the molecule is C#Cc1ccccc1C1OCC(C(C)(C)C)C[S+]1[O-]. The van der Waals surface area contributed by atoms with E-state index in [4.69, 9.17) is 11.2 Å². The van der Waals surface area contributed by atoms with Crippen molar-refractivity contribution in [3.8, 4) is 12.3 Å². The molecule has 102 valence electrons. The highest BCUT2D eigenvalue weighted by Crippen LogP contribution is 2.38. The number of ether oxygens (including phenoxy) is 1. The molecule has 1 aromatic rings. The van der Waals surface area contributed by atoms with Crippen molar-refractivity contribution in [1.82, 2.24) is 0 Å². The highest BCUT2D eigenvalue weighted by molar-refractivity contribution is 7.91. The summed E-state index contributed by atoms with van der Waals surface area (Å²) in [4.78, 5) is 0. The first kappa shape index (κ1) is 14.5. The Balaban J connectivity index is 2.19. The molecule has 1 aromatic carbocycles. The molecule has 0 N–H and O–H groups in total. The van der Waals surface area contributed by atoms with Crippen molar-refractivity contribution in [2.75, 3.05) is 12.4 Å². The van der Waals surface area contributed by atoms with Gasteiger partial charge in [0.1, 0.15) is 5.75 Å². The van der Waals surface area contributed by atoms with E-state index in [1.54, 1.807) is 0 Å². The Kier molecular flexibility index (Phi) is 4.25. The second-order valence-corrected chi connectivity index (χ2v) is 7.53. The first-order valence-electron chi connectivity index (χ1n) is 6.48. The lowest BCUT2D eigenvalue weighted by molar-refractivity contribution is 0.0311.